The SMILES string of the molecule is CC(O)=Cc1cccc(C)c1. The maximum absolute atomic E-state index is 8.96. The van der Waals surface area contributed by atoms with Crippen molar-refractivity contribution >= 4 is 6.08 Å². The van der Waals surface area contributed by atoms with Crippen molar-refractivity contribution in [3.8, 4) is 0 Å². The summed E-state index contributed by atoms with van der Waals surface area (Å²) in [6.07, 6.45) is 1.74. The highest BCUT2D eigenvalue weighted by molar-refractivity contribution is 5.51. The third-order valence-electron chi connectivity index (χ3n) is 1.42. The van der Waals surface area contributed by atoms with Crippen LogP contribution in [0, 0.1) is 6.92 Å². The van der Waals surface area contributed by atoms with Gasteiger partial charge in [-0.2, -0.15) is 0 Å². The molecule has 0 aromatic heterocycles. The second-order valence-electron chi connectivity index (χ2n) is 2.70. The van der Waals surface area contributed by atoms with Crippen molar-refractivity contribution < 1.29 is 5.11 Å². The fraction of sp³-hybridized carbons (Fsp3) is 0.200. The van der Waals surface area contributed by atoms with Crippen molar-refractivity contribution in [2.75, 3.05) is 0 Å². The molecule has 0 aliphatic rings. The van der Waals surface area contributed by atoms with Crippen molar-refractivity contribution in [1.82, 2.24) is 0 Å². The van der Waals surface area contributed by atoms with E-state index in [0.717, 1.165) is 5.56 Å². The Bertz CT molecular complexity index is 270. The van der Waals surface area contributed by atoms with Crippen molar-refractivity contribution in [3.63, 3.8) is 0 Å². The van der Waals surface area contributed by atoms with Crippen LogP contribution in [0.4, 0.5) is 0 Å². The predicted molar refractivity (Wildman–Crippen MR) is 47.5 cm³/mol. The predicted octanol–water partition coefficient (Wildman–Crippen LogP) is 2.91. The minimum atomic E-state index is 0.343. The molecule has 0 amide bonds. The molecule has 1 heteroatoms. The minimum absolute atomic E-state index is 0.343. The molecule has 0 unspecified atom stereocenters. The second-order valence-corrected chi connectivity index (χ2v) is 2.70. The molecule has 11 heavy (non-hydrogen) atoms. The number of hydrogen-bond acceptors (Lipinski definition) is 1. The zero-order valence-corrected chi connectivity index (χ0v) is 6.83. The van der Waals surface area contributed by atoms with E-state index in [0.29, 0.717) is 5.76 Å². The molecule has 0 radical (unpaired) electrons. The lowest BCUT2D eigenvalue weighted by molar-refractivity contribution is 0.420. The molecule has 1 N–H and O–H groups in total. The lowest BCUT2D eigenvalue weighted by Crippen LogP contribution is -1.76. The number of hydrogen-bond donors (Lipinski definition) is 1. The van der Waals surface area contributed by atoms with E-state index in [4.69, 9.17) is 5.11 Å². The standard InChI is InChI=1S/C10H12O/c1-8-4-3-5-10(6-8)7-9(2)11/h3-7,11H,1-2H3. The van der Waals surface area contributed by atoms with Gasteiger partial charge in [-0.1, -0.05) is 29.8 Å². The lowest BCUT2D eigenvalue weighted by atomic mass is 10.1. The molecule has 1 rings (SSSR count). The van der Waals surface area contributed by atoms with E-state index in [9.17, 15) is 0 Å². The summed E-state index contributed by atoms with van der Waals surface area (Å²) < 4.78 is 0. The average Bonchev–Trinajstić information content (AvgIpc) is 1.85. The number of aliphatic hydroxyl groups is 1. The van der Waals surface area contributed by atoms with E-state index >= 15 is 0 Å². The van der Waals surface area contributed by atoms with Gasteiger partial charge in [0.05, 0.1) is 5.76 Å². The van der Waals surface area contributed by atoms with E-state index in [-0.39, 0.29) is 0 Å². The third-order valence-corrected chi connectivity index (χ3v) is 1.42. The molecular formula is C10H12O. The van der Waals surface area contributed by atoms with Gasteiger partial charge in [0, 0.05) is 0 Å². The highest BCUT2D eigenvalue weighted by atomic mass is 16.3. The molecule has 0 heterocycles. The van der Waals surface area contributed by atoms with Gasteiger partial charge in [0.2, 0.25) is 0 Å². The number of rotatable bonds is 1. The van der Waals surface area contributed by atoms with E-state index in [1.165, 1.54) is 5.56 Å². The molecule has 0 spiro atoms. The van der Waals surface area contributed by atoms with Crippen molar-refractivity contribution in [2.45, 2.75) is 13.8 Å². The molecule has 1 nitrogen and oxygen atoms in total. The Labute approximate surface area is 67.0 Å². The lowest BCUT2D eigenvalue weighted by Gasteiger charge is -1.95. The van der Waals surface area contributed by atoms with Crippen LogP contribution in [-0.4, -0.2) is 5.11 Å². The van der Waals surface area contributed by atoms with Crippen molar-refractivity contribution in [1.29, 1.82) is 0 Å². The summed E-state index contributed by atoms with van der Waals surface area (Å²) in [5.41, 5.74) is 2.25. The first-order valence-corrected chi connectivity index (χ1v) is 3.62. The Hall–Kier alpha value is -1.24. The molecule has 0 atom stereocenters. The maximum atomic E-state index is 8.96. The summed E-state index contributed by atoms with van der Waals surface area (Å²) in [7, 11) is 0. The number of allylic oxidation sites excluding steroid dienone is 1. The normalized spacial score (nSPS) is 11.6. The summed E-state index contributed by atoms with van der Waals surface area (Å²) in [6, 6.07) is 8.00. The molecule has 0 bridgehead atoms. The smallest absolute Gasteiger partial charge is 0.0897 e. The van der Waals surface area contributed by atoms with E-state index in [1.807, 2.05) is 31.2 Å². The van der Waals surface area contributed by atoms with Crippen LogP contribution in [0.1, 0.15) is 18.1 Å². The van der Waals surface area contributed by atoms with Gasteiger partial charge in [0.1, 0.15) is 0 Å². The number of aryl methyl sites for hydroxylation is 1. The summed E-state index contributed by atoms with van der Waals surface area (Å²) in [4.78, 5) is 0. The highest BCUT2D eigenvalue weighted by Crippen LogP contribution is 2.07. The van der Waals surface area contributed by atoms with E-state index < -0.39 is 0 Å². The summed E-state index contributed by atoms with van der Waals surface area (Å²) in [5, 5.41) is 8.96. The summed E-state index contributed by atoms with van der Waals surface area (Å²) in [6.45, 7) is 3.70. The van der Waals surface area contributed by atoms with Crippen LogP contribution in [0.3, 0.4) is 0 Å². The van der Waals surface area contributed by atoms with Crippen LogP contribution < -0.4 is 0 Å². The van der Waals surface area contributed by atoms with E-state index in [1.54, 1.807) is 13.0 Å². The van der Waals surface area contributed by atoms with Crippen LogP contribution in [0.25, 0.3) is 6.08 Å². The van der Waals surface area contributed by atoms with Gasteiger partial charge < -0.3 is 5.11 Å². The van der Waals surface area contributed by atoms with Crippen molar-refractivity contribution in [2.24, 2.45) is 0 Å². The average molecular weight is 148 g/mol. The first-order chi connectivity index (χ1) is 5.18. The molecule has 0 saturated carbocycles. The maximum Gasteiger partial charge on any atom is 0.0897 e. The second kappa shape index (κ2) is 3.24. The van der Waals surface area contributed by atoms with Crippen LogP contribution in [-0.2, 0) is 0 Å². The van der Waals surface area contributed by atoms with Gasteiger partial charge in [-0.3, -0.25) is 0 Å². The Morgan fingerprint density at radius 2 is 2.18 bits per heavy atom. The third kappa shape index (κ3) is 2.46. The van der Waals surface area contributed by atoms with Gasteiger partial charge in [-0.15, -0.1) is 0 Å². The molecular weight excluding hydrogens is 136 g/mol. The topological polar surface area (TPSA) is 20.2 Å². The minimum Gasteiger partial charge on any atom is -0.513 e. The van der Waals surface area contributed by atoms with Crippen molar-refractivity contribution in [3.05, 3.63) is 41.2 Å². The molecule has 0 aliphatic carbocycles. The molecule has 58 valence electrons. The summed E-state index contributed by atoms with van der Waals surface area (Å²) >= 11 is 0. The van der Waals surface area contributed by atoms with Gasteiger partial charge >= 0.3 is 0 Å². The van der Waals surface area contributed by atoms with Crippen LogP contribution in [0.5, 0.6) is 0 Å². The Morgan fingerprint density at radius 1 is 1.45 bits per heavy atom. The first kappa shape index (κ1) is 7.86. The summed E-state index contributed by atoms with van der Waals surface area (Å²) in [5.74, 6) is 0.343. The van der Waals surface area contributed by atoms with Crippen LogP contribution >= 0.6 is 0 Å². The first-order valence-electron chi connectivity index (χ1n) is 3.62. The van der Waals surface area contributed by atoms with E-state index in [2.05, 4.69) is 0 Å². The Morgan fingerprint density at radius 3 is 2.73 bits per heavy atom. The molecule has 0 fully saturated rings. The highest BCUT2D eigenvalue weighted by Gasteiger charge is 1.88. The van der Waals surface area contributed by atoms with Gasteiger partial charge in [0.25, 0.3) is 0 Å². The zero-order chi connectivity index (χ0) is 8.27. The Balaban J connectivity index is 2.97. The zero-order valence-electron chi connectivity index (χ0n) is 6.83. The quantitative estimate of drug-likeness (QED) is 0.607. The van der Waals surface area contributed by atoms with Gasteiger partial charge in [-0.25, -0.2) is 0 Å². The number of benzene rings is 1. The van der Waals surface area contributed by atoms with Gasteiger partial charge in [0.15, 0.2) is 0 Å². The monoisotopic (exact) mass is 148 g/mol. The molecule has 1 aromatic carbocycles. The molecule has 1 aromatic rings. The van der Waals surface area contributed by atoms with Crippen LogP contribution in [0.15, 0.2) is 30.0 Å². The Kier molecular flexibility index (Phi) is 2.32. The largest absolute Gasteiger partial charge is 0.513 e. The number of aliphatic hydroxyl groups excluding tert-OH is 1. The van der Waals surface area contributed by atoms with Crippen LogP contribution in [0.2, 0.25) is 0 Å². The fourth-order valence-electron chi connectivity index (χ4n) is 1.00. The fourth-order valence-corrected chi connectivity index (χ4v) is 1.00. The molecule has 0 saturated heterocycles. The molecule has 0 aliphatic heterocycles. The van der Waals surface area contributed by atoms with Gasteiger partial charge in [-0.05, 0) is 25.5 Å².